The number of benzene rings is 2. The van der Waals surface area contributed by atoms with Gasteiger partial charge in [-0.25, -0.2) is 4.79 Å². The van der Waals surface area contributed by atoms with E-state index >= 15 is 0 Å². The molecule has 0 bridgehead atoms. The highest BCUT2D eigenvalue weighted by Crippen LogP contribution is 2.62. The lowest BCUT2D eigenvalue weighted by atomic mass is 9.55. The van der Waals surface area contributed by atoms with Gasteiger partial charge in [0.1, 0.15) is 23.3 Å². The van der Waals surface area contributed by atoms with Gasteiger partial charge in [0.05, 0.1) is 51.3 Å². The molecule has 0 aromatic heterocycles. The molecule has 3 N–H and O–H groups in total. The second kappa shape index (κ2) is 23.4. The summed E-state index contributed by atoms with van der Waals surface area (Å²) in [6.07, 6.45) is 12.4. The average molecular weight is 861 g/mol. The zero-order valence-corrected chi connectivity index (χ0v) is 36.7. The summed E-state index contributed by atoms with van der Waals surface area (Å²) in [4.78, 5) is 22.3. The number of oxime groups is 1. The van der Waals surface area contributed by atoms with Gasteiger partial charge in [0.15, 0.2) is 0 Å². The molecule has 7 atom stereocenters. The Morgan fingerprint density at radius 3 is 2.45 bits per heavy atom. The van der Waals surface area contributed by atoms with E-state index in [9.17, 15) is 20.1 Å². The summed E-state index contributed by atoms with van der Waals surface area (Å²) < 4.78 is 38.6. The van der Waals surface area contributed by atoms with E-state index in [1.165, 1.54) is 5.56 Å². The van der Waals surface area contributed by atoms with Crippen LogP contribution in [0.2, 0.25) is 0 Å². The van der Waals surface area contributed by atoms with Crippen molar-refractivity contribution in [2.75, 3.05) is 59.4 Å². The van der Waals surface area contributed by atoms with Gasteiger partial charge in [-0.2, -0.15) is 0 Å². The largest absolute Gasteiger partial charge is 0.459 e. The number of hydrogen-bond acceptors (Lipinski definition) is 12. The molecule has 4 aliphatic rings. The average Bonchev–Trinajstić information content (AvgIpc) is 3.28. The van der Waals surface area contributed by atoms with Crippen LogP contribution in [0.3, 0.4) is 0 Å². The quantitative estimate of drug-likeness (QED) is 0.0530. The van der Waals surface area contributed by atoms with Gasteiger partial charge in [-0.3, -0.25) is 4.90 Å². The number of hydrogen-bond donors (Lipinski definition) is 3. The summed E-state index contributed by atoms with van der Waals surface area (Å²) in [6.45, 7) is 13.1. The van der Waals surface area contributed by atoms with Crippen LogP contribution in [0.15, 0.2) is 78.5 Å². The molecule has 2 aromatic rings. The molecule has 2 aliphatic heterocycles. The topological polar surface area (TPSA) is 158 Å². The van der Waals surface area contributed by atoms with Crippen molar-refractivity contribution in [1.82, 2.24) is 4.90 Å². The van der Waals surface area contributed by atoms with Gasteiger partial charge >= 0.3 is 6.09 Å². The van der Waals surface area contributed by atoms with Crippen molar-refractivity contribution >= 4 is 11.8 Å². The van der Waals surface area contributed by atoms with E-state index in [-0.39, 0.29) is 77.0 Å². The molecule has 2 aromatic carbocycles. The molecule has 62 heavy (non-hydrogen) atoms. The predicted octanol–water partition coefficient (Wildman–Crippen LogP) is 8.28. The fourth-order valence-electron chi connectivity index (χ4n) is 9.56. The molecule has 7 unspecified atom stereocenters. The molecule has 2 fully saturated rings. The molecule has 13 heteroatoms. The predicted molar refractivity (Wildman–Crippen MR) is 236 cm³/mol. The highest BCUT2D eigenvalue weighted by Gasteiger charge is 2.65. The Labute approximate surface area is 367 Å². The number of amides is 1. The van der Waals surface area contributed by atoms with Gasteiger partial charge < -0.3 is 48.6 Å². The standard InChI is InChI=1S/C49H68N2O11/c1-5-7-26-58-48(55)51(21-28-56-29-24-54)44-33-42(50-62-45-16-10-13-27-57-45)40-31-36(14-8-11-22-52)39(15-9-12-23-53)46-41-32-38(60-37-18-17-34(3)35(4)30-37)19-20-43(41)61-49(44,47(40)46)59-25-6-2/h5-6,17-20,30-32,36,39,44-47,52-54H,1-2,7-16,21-29,33H2,3-4H3. The lowest BCUT2D eigenvalue weighted by Crippen LogP contribution is -2.70. The van der Waals surface area contributed by atoms with E-state index < -0.39 is 30.1 Å². The van der Waals surface area contributed by atoms with E-state index in [4.69, 9.17) is 38.4 Å². The number of rotatable bonds is 24. The minimum Gasteiger partial charge on any atom is -0.459 e. The van der Waals surface area contributed by atoms with Gasteiger partial charge in [0.25, 0.3) is 0 Å². The molecule has 0 radical (unpaired) electrons. The molecular formula is C49H68N2O11. The van der Waals surface area contributed by atoms with Crippen LogP contribution < -0.4 is 9.47 Å². The second-order valence-electron chi connectivity index (χ2n) is 16.7. The van der Waals surface area contributed by atoms with Crippen molar-refractivity contribution in [3.05, 3.63) is 90.0 Å². The van der Waals surface area contributed by atoms with E-state index in [1.54, 1.807) is 17.1 Å². The molecule has 0 spiro atoms. The smallest absolute Gasteiger partial charge is 0.410 e. The maximum absolute atomic E-state index is 14.4. The number of aliphatic hydroxyl groups excluding tert-OH is 3. The molecule has 2 heterocycles. The Morgan fingerprint density at radius 2 is 1.73 bits per heavy atom. The molecule has 2 aliphatic carbocycles. The van der Waals surface area contributed by atoms with Crippen LogP contribution in [0.25, 0.3) is 0 Å². The van der Waals surface area contributed by atoms with Crippen LogP contribution in [-0.4, -0.2) is 110 Å². The third-order valence-electron chi connectivity index (χ3n) is 12.6. The summed E-state index contributed by atoms with van der Waals surface area (Å²) >= 11 is 0. The summed E-state index contributed by atoms with van der Waals surface area (Å²) in [7, 11) is 0. The lowest BCUT2D eigenvalue weighted by molar-refractivity contribution is -0.256. The number of aryl methyl sites for hydroxylation is 2. The number of carbonyl (C=O) groups is 1. The fourth-order valence-corrected chi connectivity index (χ4v) is 9.56. The van der Waals surface area contributed by atoms with Crippen LogP contribution in [0, 0.1) is 31.6 Å². The molecule has 13 nitrogen and oxygen atoms in total. The Balaban J connectivity index is 1.57. The zero-order chi connectivity index (χ0) is 43.9. The lowest BCUT2D eigenvalue weighted by Gasteiger charge is -2.59. The molecule has 1 saturated heterocycles. The van der Waals surface area contributed by atoms with E-state index in [1.807, 2.05) is 24.3 Å². The normalized spacial score (nSPS) is 25.8. The molecular weight excluding hydrogens is 793 g/mol. The summed E-state index contributed by atoms with van der Waals surface area (Å²) in [6, 6.07) is 11.2. The monoisotopic (exact) mass is 860 g/mol. The van der Waals surface area contributed by atoms with Gasteiger partial charge in [0, 0.05) is 44.1 Å². The van der Waals surface area contributed by atoms with Crippen LogP contribution >= 0.6 is 0 Å². The van der Waals surface area contributed by atoms with E-state index in [0.717, 1.165) is 61.0 Å². The molecule has 1 amide bonds. The molecule has 340 valence electrons. The van der Waals surface area contributed by atoms with Crippen molar-refractivity contribution in [3.63, 3.8) is 0 Å². The van der Waals surface area contributed by atoms with Gasteiger partial charge in [-0.1, -0.05) is 42.3 Å². The summed E-state index contributed by atoms with van der Waals surface area (Å²) in [5.74, 6) is -0.157. The highest BCUT2D eigenvalue weighted by atomic mass is 16.8. The maximum atomic E-state index is 14.4. The summed E-state index contributed by atoms with van der Waals surface area (Å²) in [5, 5.41) is 34.4. The fraction of sp³-hybridized carbons (Fsp3) is 0.592. The first-order valence-electron chi connectivity index (χ1n) is 22.6. The van der Waals surface area contributed by atoms with Crippen molar-refractivity contribution in [2.45, 2.75) is 109 Å². The summed E-state index contributed by atoms with van der Waals surface area (Å²) in [5.41, 5.74) is 4.83. The van der Waals surface area contributed by atoms with E-state index in [0.29, 0.717) is 49.5 Å². The molecule has 1 saturated carbocycles. The zero-order valence-electron chi connectivity index (χ0n) is 36.7. The maximum Gasteiger partial charge on any atom is 0.410 e. The number of fused-ring (bicyclic) bond motifs is 2. The number of unbranched alkanes of at least 4 members (excludes halogenated alkanes) is 2. The number of carbonyl (C=O) groups excluding carboxylic acids is 1. The Kier molecular flexibility index (Phi) is 17.9. The Morgan fingerprint density at radius 1 is 0.935 bits per heavy atom. The Hall–Kier alpha value is -4.24. The first kappa shape index (κ1) is 47.2. The van der Waals surface area contributed by atoms with Crippen molar-refractivity contribution in [2.24, 2.45) is 22.9 Å². The number of aliphatic hydroxyl groups is 3. The number of ether oxygens (including phenoxy) is 6. The van der Waals surface area contributed by atoms with Crippen molar-refractivity contribution < 1.29 is 53.4 Å². The van der Waals surface area contributed by atoms with Crippen LogP contribution in [-0.2, 0) is 23.8 Å². The van der Waals surface area contributed by atoms with Crippen LogP contribution in [0.5, 0.6) is 17.2 Å². The molecule has 6 rings (SSSR count). The van der Waals surface area contributed by atoms with Crippen molar-refractivity contribution in [1.29, 1.82) is 0 Å². The van der Waals surface area contributed by atoms with Gasteiger partial charge in [-0.15, -0.1) is 13.2 Å². The van der Waals surface area contributed by atoms with Gasteiger partial charge in [-0.05, 0) is 118 Å². The van der Waals surface area contributed by atoms with Crippen molar-refractivity contribution in [3.8, 4) is 17.2 Å². The first-order chi connectivity index (χ1) is 30.3. The number of allylic oxidation sites excluding steroid dienone is 1. The van der Waals surface area contributed by atoms with Crippen LogP contribution in [0.1, 0.15) is 93.2 Å². The third kappa shape index (κ3) is 11.3. The van der Waals surface area contributed by atoms with E-state index in [2.05, 4.69) is 45.2 Å². The second-order valence-corrected chi connectivity index (χ2v) is 16.7. The highest BCUT2D eigenvalue weighted by molar-refractivity contribution is 6.03. The van der Waals surface area contributed by atoms with Crippen LogP contribution in [0.4, 0.5) is 4.79 Å². The minimum absolute atomic E-state index is 0.0312. The Bertz CT molecular complexity index is 1840. The van der Waals surface area contributed by atoms with Gasteiger partial charge in [0.2, 0.25) is 12.1 Å². The number of nitrogens with zero attached hydrogens (tertiary/aromatic N) is 2. The first-order valence-corrected chi connectivity index (χ1v) is 22.6. The minimum atomic E-state index is -1.48. The SMILES string of the molecule is C=CCCOC(=O)N(CCOCCO)C1CC(=NOC2CCCCO2)C2=CC(CCCCO)C(CCCCO)C3c4cc(Oc5ccc(C)c(C)c5)ccc4OC1(OCC=C)C23. The third-order valence-corrected chi connectivity index (χ3v) is 12.6.